The van der Waals surface area contributed by atoms with Gasteiger partial charge in [-0.15, -0.1) is 0 Å². The van der Waals surface area contributed by atoms with Crippen LogP contribution in [0.15, 0.2) is 42.6 Å². The third-order valence-electron chi connectivity index (χ3n) is 3.19. The molecule has 0 bridgehead atoms. The monoisotopic (exact) mass is 314 g/mol. The molecule has 1 heterocycles. The number of anilines is 1. The lowest BCUT2D eigenvalue weighted by Gasteiger charge is -2.18. The molecule has 1 aromatic carbocycles. The van der Waals surface area contributed by atoms with E-state index in [4.69, 9.17) is 0 Å². The minimum absolute atomic E-state index is 0.00849. The number of nitro groups is 1. The van der Waals surface area contributed by atoms with Crippen molar-refractivity contribution in [3.05, 3.63) is 64.0 Å². The zero-order chi connectivity index (χ0) is 17.0. The summed E-state index contributed by atoms with van der Waals surface area (Å²) in [6, 6.07) is 9.13. The second-order valence-corrected chi connectivity index (χ2v) is 6.06. The summed E-state index contributed by atoms with van der Waals surface area (Å²) in [6.07, 6.45) is 1.60. The molecular formula is C16H18N4O3. The van der Waals surface area contributed by atoms with Crippen molar-refractivity contribution >= 4 is 17.3 Å². The van der Waals surface area contributed by atoms with E-state index in [-0.39, 0.29) is 17.0 Å². The molecule has 2 aromatic rings. The lowest BCUT2D eigenvalue weighted by atomic mass is 9.91. The summed E-state index contributed by atoms with van der Waals surface area (Å²) in [4.78, 5) is 26.5. The fraction of sp³-hybridized carbons (Fsp3) is 0.250. The van der Waals surface area contributed by atoms with Gasteiger partial charge in [0.1, 0.15) is 0 Å². The molecule has 120 valence electrons. The van der Waals surface area contributed by atoms with Gasteiger partial charge in [0.15, 0.2) is 0 Å². The van der Waals surface area contributed by atoms with E-state index in [1.165, 1.54) is 24.3 Å². The van der Waals surface area contributed by atoms with Crippen molar-refractivity contribution in [2.45, 2.75) is 26.2 Å². The molecule has 0 aliphatic rings. The molecule has 1 amide bonds. The number of rotatable bonds is 4. The zero-order valence-electron chi connectivity index (χ0n) is 13.2. The number of carbonyl (C=O) groups is 1. The number of nitrogens with zero attached hydrogens (tertiary/aromatic N) is 2. The average Bonchev–Trinajstić information content (AvgIpc) is 2.52. The Hall–Kier alpha value is -2.96. The van der Waals surface area contributed by atoms with E-state index in [0.717, 1.165) is 5.69 Å². The van der Waals surface area contributed by atoms with Gasteiger partial charge in [-0.1, -0.05) is 20.8 Å². The maximum absolute atomic E-state index is 12.2. The van der Waals surface area contributed by atoms with Crippen LogP contribution in [0.5, 0.6) is 0 Å². The molecule has 0 saturated heterocycles. The van der Waals surface area contributed by atoms with Crippen LogP contribution in [0.1, 0.15) is 36.8 Å². The fourth-order valence-corrected chi connectivity index (χ4v) is 1.85. The number of carbonyl (C=O) groups excluding carboxylic acids is 1. The first-order valence-electron chi connectivity index (χ1n) is 7.05. The average molecular weight is 314 g/mol. The lowest BCUT2D eigenvalue weighted by molar-refractivity contribution is -0.384. The number of amides is 1. The van der Waals surface area contributed by atoms with Crippen LogP contribution >= 0.6 is 0 Å². The molecule has 1 aromatic heterocycles. The molecule has 7 nitrogen and oxygen atoms in total. The van der Waals surface area contributed by atoms with E-state index in [1.54, 1.807) is 18.3 Å². The van der Waals surface area contributed by atoms with E-state index >= 15 is 0 Å². The Morgan fingerprint density at radius 1 is 1.17 bits per heavy atom. The Bertz CT molecular complexity index is 721. The minimum atomic E-state index is -0.479. The summed E-state index contributed by atoms with van der Waals surface area (Å²) >= 11 is 0. The Morgan fingerprint density at radius 3 is 2.39 bits per heavy atom. The van der Waals surface area contributed by atoms with Gasteiger partial charge in [-0.2, -0.15) is 0 Å². The summed E-state index contributed by atoms with van der Waals surface area (Å²) in [7, 11) is 0. The second-order valence-electron chi connectivity index (χ2n) is 6.06. The highest BCUT2D eigenvalue weighted by Gasteiger charge is 2.17. The first kappa shape index (κ1) is 16.4. The lowest BCUT2D eigenvalue weighted by Crippen LogP contribution is -2.29. The number of hydrogen-bond donors (Lipinski definition) is 2. The Kier molecular flexibility index (Phi) is 4.59. The van der Waals surface area contributed by atoms with Crippen LogP contribution in [-0.4, -0.2) is 15.8 Å². The highest BCUT2D eigenvalue weighted by Crippen LogP contribution is 2.20. The molecule has 23 heavy (non-hydrogen) atoms. The molecule has 0 aliphatic heterocycles. The van der Waals surface area contributed by atoms with Crippen LogP contribution in [-0.2, 0) is 5.41 Å². The second kappa shape index (κ2) is 6.43. The number of non-ortho nitro benzene ring substituents is 1. The number of pyridine rings is 1. The van der Waals surface area contributed by atoms with Crippen molar-refractivity contribution in [1.82, 2.24) is 10.4 Å². The Morgan fingerprint density at radius 2 is 1.83 bits per heavy atom. The standard InChI is InChI=1S/C16H18N4O3/c1-16(2,3)14-10-11(8-9-17-14)15(21)19-18-12-4-6-13(7-5-12)20(22)23/h4-10,18H,1-3H3,(H,19,21). The van der Waals surface area contributed by atoms with Gasteiger partial charge < -0.3 is 0 Å². The van der Waals surface area contributed by atoms with Crippen molar-refractivity contribution < 1.29 is 9.72 Å². The van der Waals surface area contributed by atoms with Crippen LogP contribution in [0, 0.1) is 10.1 Å². The molecule has 2 N–H and O–H groups in total. The molecule has 0 radical (unpaired) electrons. The third-order valence-corrected chi connectivity index (χ3v) is 3.19. The van der Waals surface area contributed by atoms with Crippen LogP contribution < -0.4 is 10.9 Å². The number of nitrogens with one attached hydrogen (secondary N) is 2. The van der Waals surface area contributed by atoms with Gasteiger partial charge in [0.25, 0.3) is 11.6 Å². The first-order chi connectivity index (χ1) is 10.8. The molecule has 0 spiro atoms. The molecule has 0 fully saturated rings. The number of aromatic nitrogens is 1. The van der Waals surface area contributed by atoms with Crippen molar-refractivity contribution in [1.29, 1.82) is 0 Å². The predicted octanol–water partition coefficient (Wildman–Crippen LogP) is 3.04. The number of benzene rings is 1. The molecule has 0 aliphatic carbocycles. The van der Waals surface area contributed by atoms with Crippen LogP contribution in [0.25, 0.3) is 0 Å². The van der Waals surface area contributed by atoms with E-state index in [2.05, 4.69) is 15.8 Å². The van der Waals surface area contributed by atoms with Crippen molar-refractivity contribution in [3.63, 3.8) is 0 Å². The van der Waals surface area contributed by atoms with Gasteiger partial charge >= 0.3 is 0 Å². The normalized spacial score (nSPS) is 10.9. The van der Waals surface area contributed by atoms with E-state index in [0.29, 0.717) is 11.3 Å². The number of hydrogen-bond acceptors (Lipinski definition) is 5. The Labute approximate surface area is 133 Å². The van der Waals surface area contributed by atoms with Gasteiger partial charge in [0.05, 0.1) is 10.6 Å². The van der Waals surface area contributed by atoms with Gasteiger partial charge in [-0.3, -0.25) is 30.7 Å². The Balaban J connectivity index is 2.03. The van der Waals surface area contributed by atoms with Crippen molar-refractivity contribution in [2.75, 3.05) is 5.43 Å². The maximum Gasteiger partial charge on any atom is 0.269 e. The smallest absolute Gasteiger partial charge is 0.269 e. The summed E-state index contributed by atoms with van der Waals surface area (Å²) in [6.45, 7) is 6.06. The third kappa shape index (κ3) is 4.26. The highest BCUT2D eigenvalue weighted by molar-refractivity contribution is 5.94. The first-order valence-corrected chi connectivity index (χ1v) is 7.05. The zero-order valence-corrected chi connectivity index (χ0v) is 13.2. The molecule has 0 atom stereocenters. The van der Waals surface area contributed by atoms with Gasteiger partial charge in [0.2, 0.25) is 0 Å². The maximum atomic E-state index is 12.2. The number of nitro benzene ring substituents is 1. The van der Waals surface area contributed by atoms with Gasteiger partial charge in [-0.05, 0) is 24.3 Å². The topological polar surface area (TPSA) is 97.2 Å². The van der Waals surface area contributed by atoms with E-state index in [9.17, 15) is 14.9 Å². The van der Waals surface area contributed by atoms with Crippen LogP contribution in [0.4, 0.5) is 11.4 Å². The summed E-state index contributed by atoms with van der Waals surface area (Å²) < 4.78 is 0. The van der Waals surface area contributed by atoms with E-state index in [1.807, 2.05) is 20.8 Å². The molecular weight excluding hydrogens is 296 g/mol. The van der Waals surface area contributed by atoms with Crippen LogP contribution in [0.2, 0.25) is 0 Å². The SMILES string of the molecule is CC(C)(C)c1cc(C(=O)NNc2ccc([N+](=O)[O-])cc2)ccn1. The molecule has 2 rings (SSSR count). The van der Waals surface area contributed by atoms with E-state index < -0.39 is 4.92 Å². The number of hydrazine groups is 1. The summed E-state index contributed by atoms with van der Waals surface area (Å²) in [5.74, 6) is -0.309. The predicted molar refractivity (Wildman–Crippen MR) is 87.1 cm³/mol. The fourth-order valence-electron chi connectivity index (χ4n) is 1.85. The highest BCUT2D eigenvalue weighted by atomic mass is 16.6. The van der Waals surface area contributed by atoms with Crippen molar-refractivity contribution in [2.24, 2.45) is 0 Å². The largest absolute Gasteiger partial charge is 0.298 e. The molecule has 0 saturated carbocycles. The van der Waals surface area contributed by atoms with Crippen molar-refractivity contribution in [3.8, 4) is 0 Å². The van der Waals surface area contributed by atoms with Gasteiger partial charge in [-0.25, -0.2) is 0 Å². The minimum Gasteiger partial charge on any atom is -0.298 e. The van der Waals surface area contributed by atoms with Crippen LogP contribution in [0.3, 0.4) is 0 Å². The molecule has 0 unspecified atom stereocenters. The summed E-state index contributed by atoms with van der Waals surface area (Å²) in [5, 5.41) is 10.6. The quantitative estimate of drug-likeness (QED) is 0.668. The van der Waals surface area contributed by atoms with Gasteiger partial charge in [0, 0.05) is 35.0 Å². The summed E-state index contributed by atoms with van der Waals surface area (Å²) in [5.41, 5.74) is 6.98. The molecule has 7 heteroatoms.